The Bertz CT molecular complexity index is 898. The Hall–Kier alpha value is -3.42. The van der Waals surface area contributed by atoms with Gasteiger partial charge in [0, 0.05) is 11.6 Å². The van der Waals surface area contributed by atoms with Crippen LogP contribution in [-0.4, -0.2) is 28.6 Å². The highest BCUT2D eigenvalue weighted by molar-refractivity contribution is 6.01. The number of oxazole rings is 1. The van der Waals surface area contributed by atoms with Crippen molar-refractivity contribution < 1.29 is 23.3 Å². The minimum atomic E-state index is -0.615. The monoisotopic (exact) mass is 341 g/mol. The van der Waals surface area contributed by atoms with E-state index in [0.717, 1.165) is 5.56 Å². The highest BCUT2D eigenvalue weighted by Gasteiger charge is 2.21. The van der Waals surface area contributed by atoms with Crippen LogP contribution in [0.5, 0.6) is 0 Å². The molecule has 0 aliphatic heterocycles. The van der Waals surface area contributed by atoms with Gasteiger partial charge in [0.15, 0.2) is 5.69 Å². The van der Waals surface area contributed by atoms with Crippen molar-refractivity contribution in [2.75, 3.05) is 11.9 Å². The van der Waals surface area contributed by atoms with Gasteiger partial charge in [-0.15, -0.1) is 0 Å². The zero-order valence-electron chi connectivity index (χ0n) is 13.6. The van der Waals surface area contributed by atoms with Crippen molar-refractivity contribution in [2.24, 2.45) is 0 Å². The first-order chi connectivity index (χ1) is 12.1. The number of hydrogen-bond donors (Lipinski definition) is 1. The third-order valence-corrected chi connectivity index (χ3v) is 3.29. The van der Waals surface area contributed by atoms with Crippen LogP contribution in [0.15, 0.2) is 45.3 Å². The number of anilines is 1. The van der Waals surface area contributed by atoms with Gasteiger partial charge in [0.05, 0.1) is 6.61 Å². The number of nitrogens with one attached hydrogen (secondary N) is 1. The van der Waals surface area contributed by atoms with Crippen LogP contribution in [0.3, 0.4) is 0 Å². The second-order valence-electron chi connectivity index (χ2n) is 5.04. The number of benzene rings is 1. The molecule has 0 spiro atoms. The molecule has 0 radical (unpaired) electrons. The number of amides is 1. The van der Waals surface area contributed by atoms with Gasteiger partial charge in [-0.3, -0.25) is 10.1 Å². The SMILES string of the molecule is CCOC(=O)c1nc(NC(=O)c2cc(-c3ccccc3)no2)oc1C. The van der Waals surface area contributed by atoms with Gasteiger partial charge in [-0.1, -0.05) is 35.5 Å². The molecule has 0 saturated heterocycles. The van der Waals surface area contributed by atoms with Crippen molar-refractivity contribution in [3.63, 3.8) is 0 Å². The van der Waals surface area contributed by atoms with E-state index in [2.05, 4.69) is 15.5 Å². The van der Waals surface area contributed by atoms with Crippen LogP contribution in [0.4, 0.5) is 6.01 Å². The first-order valence-corrected chi connectivity index (χ1v) is 7.56. The second kappa shape index (κ2) is 7.00. The highest BCUT2D eigenvalue weighted by Crippen LogP contribution is 2.20. The Morgan fingerprint density at radius 2 is 2.00 bits per heavy atom. The zero-order chi connectivity index (χ0) is 17.8. The fraction of sp³-hybridized carbons (Fsp3) is 0.176. The number of aryl methyl sites for hydroxylation is 1. The lowest BCUT2D eigenvalue weighted by molar-refractivity contribution is 0.0518. The number of hydrogen-bond acceptors (Lipinski definition) is 7. The number of nitrogens with zero attached hydrogens (tertiary/aromatic N) is 2. The minimum Gasteiger partial charge on any atom is -0.461 e. The summed E-state index contributed by atoms with van der Waals surface area (Å²) in [6.45, 7) is 3.45. The highest BCUT2D eigenvalue weighted by atomic mass is 16.5. The first kappa shape index (κ1) is 16.4. The fourth-order valence-corrected chi connectivity index (χ4v) is 2.12. The van der Waals surface area contributed by atoms with Crippen molar-refractivity contribution in [1.29, 1.82) is 0 Å². The van der Waals surface area contributed by atoms with E-state index >= 15 is 0 Å². The third-order valence-electron chi connectivity index (χ3n) is 3.29. The molecule has 1 N–H and O–H groups in total. The molecule has 1 amide bonds. The van der Waals surface area contributed by atoms with Crippen LogP contribution < -0.4 is 5.32 Å². The maximum atomic E-state index is 12.2. The van der Waals surface area contributed by atoms with E-state index in [4.69, 9.17) is 13.7 Å². The summed E-state index contributed by atoms with van der Waals surface area (Å²) in [4.78, 5) is 27.8. The fourth-order valence-electron chi connectivity index (χ4n) is 2.12. The van der Waals surface area contributed by atoms with Gasteiger partial charge in [0.2, 0.25) is 5.76 Å². The number of aromatic nitrogens is 2. The molecule has 0 bridgehead atoms. The summed E-state index contributed by atoms with van der Waals surface area (Å²) < 4.78 is 15.2. The number of esters is 1. The van der Waals surface area contributed by atoms with Crippen LogP contribution in [0.1, 0.15) is 33.7 Å². The summed E-state index contributed by atoms with van der Waals surface area (Å²) in [6.07, 6.45) is 0. The lowest BCUT2D eigenvalue weighted by Gasteiger charge is -1.96. The molecule has 3 rings (SSSR count). The van der Waals surface area contributed by atoms with Crippen molar-refractivity contribution >= 4 is 17.9 Å². The van der Waals surface area contributed by atoms with E-state index in [-0.39, 0.29) is 29.8 Å². The largest absolute Gasteiger partial charge is 0.461 e. The first-order valence-electron chi connectivity index (χ1n) is 7.56. The van der Waals surface area contributed by atoms with Gasteiger partial charge in [0.1, 0.15) is 11.5 Å². The van der Waals surface area contributed by atoms with Crippen molar-refractivity contribution in [3.8, 4) is 11.3 Å². The molecule has 8 nitrogen and oxygen atoms in total. The summed E-state index contributed by atoms with van der Waals surface area (Å²) >= 11 is 0. The molecule has 0 aliphatic rings. The van der Waals surface area contributed by atoms with Crippen LogP contribution in [-0.2, 0) is 4.74 Å². The summed E-state index contributed by atoms with van der Waals surface area (Å²) in [7, 11) is 0. The second-order valence-corrected chi connectivity index (χ2v) is 5.04. The van der Waals surface area contributed by atoms with Gasteiger partial charge < -0.3 is 13.7 Å². The molecule has 0 atom stereocenters. The predicted octanol–water partition coefficient (Wildman–Crippen LogP) is 3.07. The Balaban J connectivity index is 1.74. The molecule has 8 heteroatoms. The maximum absolute atomic E-state index is 12.2. The maximum Gasteiger partial charge on any atom is 0.360 e. The molecule has 25 heavy (non-hydrogen) atoms. The van der Waals surface area contributed by atoms with E-state index in [1.54, 1.807) is 13.8 Å². The topological polar surface area (TPSA) is 107 Å². The van der Waals surface area contributed by atoms with Crippen LogP contribution in [0.25, 0.3) is 11.3 Å². The Kier molecular flexibility index (Phi) is 4.60. The molecular formula is C17H15N3O5. The van der Waals surface area contributed by atoms with E-state index in [1.807, 2.05) is 30.3 Å². The Labute approximate surface area is 142 Å². The van der Waals surface area contributed by atoms with E-state index in [0.29, 0.717) is 5.69 Å². The smallest absolute Gasteiger partial charge is 0.360 e. The molecule has 2 aromatic heterocycles. The lowest BCUT2D eigenvalue weighted by atomic mass is 10.1. The predicted molar refractivity (Wildman–Crippen MR) is 87.1 cm³/mol. The van der Waals surface area contributed by atoms with Crippen LogP contribution in [0, 0.1) is 6.92 Å². The molecule has 3 aromatic rings. The third kappa shape index (κ3) is 3.57. The molecule has 128 valence electrons. The van der Waals surface area contributed by atoms with E-state index < -0.39 is 11.9 Å². The number of carbonyl (C=O) groups excluding carboxylic acids is 2. The lowest BCUT2D eigenvalue weighted by Crippen LogP contribution is -2.12. The van der Waals surface area contributed by atoms with Crippen molar-refractivity contribution in [1.82, 2.24) is 10.1 Å². The number of rotatable bonds is 5. The number of carbonyl (C=O) groups is 2. The zero-order valence-corrected chi connectivity index (χ0v) is 13.6. The molecule has 0 unspecified atom stereocenters. The van der Waals surface area contributed by atoms with E-state index in [1.165, 1.54) is 6.07 Å². The van der Waals surface area contributed by atoms with Crippen molar-refractivity contribution in [3.05, 3.63) is 53.6 Å². The summed E-state index contributed by atoms with van der Waals surface area (Å²) in [5.74, 6) is -0.967. The molecule has 0 saturated carbocycles. The molecule has 0 fully saturated rings. The van der Waals surface area contributed by atoms with Gasteiger partial charge in [-0.25, -0.2) is 4.79 Å². The molecule has 0 aliphatic carbocycles. The summed E-state index contributed by atoms with van der Waals surface area (Å²) in [5, 5.41) is 6.29. The Morgan fingerprint density at radius 1 is 1.24 bits per heavy atom. The molecular weight excluding hydrogens is 326 g/mol. The Morgan fingerprint density at radius 3 is 2.72 bits per heavy atom. The molecule has 2 heterocycles. The number of ether oxygens (including phenoxy) is 1. The van der Waals surface area contributed by atoms with Gasteiger partial charge in [-0.05, 0) is 13.8 Å². The normalized spacial score (nSPS) is 10.5. The van der Waals surface area contributed by atoms with E-state index in [9.17, 15) is 9.59 Å². The van der Waals surface area contributed by atoms with Crippen molar-refractivity contribution in [2.45, 2.75) is 13.8 Å². The molecule has 1 aromatic carbocycles. The quantitative estimate of drug-likeness (QED) is 0.710. The summed E-state index contributed by atoms with van der Waals surface area (Å²) in [5.41, 5.74) is 1.36. The average Bonchev–Trinajstić information content (AvgIpc) is 3.23. The average molecular weight is 341 g/mol. The minimum absolute atomic E-state index is 0.00705. The van der Waals surface area contributed by atoms with Gasteiger partial charge >= 0.3 is 12.0 Å². The van der Waals surface area contributed by atoms with Crippen LogP contribution in [0.2, 0.25) is 0 Å². The summed E-state index contributed by atoms with van der Waals surface area (Å²) in [6, 6.07) is 10.7. The van der Waals surface area contributed by atoms with Gasteiger partial charge in [-0.2, -0.15) is 4.98 Å². The van der Waals surface area contributed by atoms with Crippen LogP contribution >= 0.6 is 0 Å². The standard InChI is InChI=1S/C17H15N3O5/c1-3-23-16(22)14-10(2)24-17(18-14)19-15(21)13-9-12(20-25-13)11-7-5-4-6-8-11/h4-9H,3H2,1-2H3,(H,18,19,21). The van der Waals surface area contributed by atoms with Gasteiger partial charge in [0.25, 0.3) is 5.91 Å².